The van der Waals surface area contributed by atoms with Crippen molar-refractivity contribution < 1.29 is 9.53 Å². The molecule has 2 heterocycles. The van der Waals surface area contributed by atoms with E-state index in [2.05, 4.69) is 32.6 Å². The maximum absolute atomic E-state index is 11.5. The molecule has 2 aromatic heterocycles. The van der Waals surface area contributed by atoms with Crippen molar-refractivity contribution >= 4 is 27.3 Å². The first-order chi connectivity index (χ1) is 12.9. The van der Waals surface area contributed by atoms with E-state index in [4.69, 9.17) is 14.7 Å². The molecule has 0 bridgehead atoms. The van der Waals surface area contributed by atoms with Gasteiger partial charge in [-0.1, -0.05) is 13.8 Å². The van der Waals surface area contributed by atoms with Gasteiger partial charge in [-0.05, 0) is 63.7 Å². The minimum absolute atomic E-state index is 0.0387. The molecule has 27 heavy (non-hydrogen) atoms. The second-order valence-electron chi connectivity index (χ2n) is 6.55. The molecular formula is C21H25N3O2S. The maximum atomic E-state index is 11.5. The summed E-state index contributed by atoms with van der Waals surface area (Å²) in [4.78, 5) is 25.4. The molecule has 5 nitrogen and oxygen atoms in total. The predicted molar refractivity (Wildman–Crippen MR) is 110 cm³/mol. The predicted octanol–water partition coefficient (Wildman–Crippen LogP) is 5.14. The van der Waals surface area contributed by atoms with Crippen molar-refractivity contribution in [1.82, 2.24) is 14.9 Å². The largest absolute Gasteiger partial charge is 0.438 e. The number of thiophene rings is 1. The Kier molecular flexibility index (Phi) is 5.87. The molecule has 0 atom stereocenters. The number of hydrogen-bond acceptors (Lipinski definition) is 6. The van der Waals surface area contributed by atoms with Gasteiger partial charge in [0, 0.05) is 10.4 Å². The first-order valence-electron chi connectivity index (χ1n) is 9.20. The number of fused-ring (bicyclic) bond motifs is 1. The van der Waals surface area contributed by atoms with Crippen LogP contribution in [0.4, 0.5) is 0 Å². The van der Waals surface area contributed by atoms with Crippen LogP contribution in [0.25, 0.3) is 10.2 Å². The molecule has 0 fully saturated rings. The quantitative estimate of drug-likeness (QED) is 0.529. The third kappa shape index (κ3) is 4.17. The summed E-state index contributed by atoms with van der Waals surface area (Å²) in [6.07, 6.45) is 0. The Balaban J connectivity index is 2.02. The van der Waals surface area contributed by atoms with Crippen molar-refractivity contribution in [3.8, 4) is 11.6 Å². The van der Waals surface area contributed by atoms with Crippen molar-refractivity contribution in [3.63, 3.8) is 0 Å². The molecule has 0 N–H and O–H groups in total. The highest BCUT2D eigenvalue weighted by Gasteiger charge is 2.17. The lowest BCUT2D eigenvalue weighted by atomic mass is 10.1. The van der Waals surface area contributed by atoms with Gasteiger partial charge in [-0.25, -0.2) is 4.98 Å². The zero-order chi connectivity index (χ0) is 19.6. The van der Waals surface area contributed by atoms with Gasteiger partial charge in [0.15, 0.2) is 5.78 Å². The number of carbonyl (C=O) groups excluding carboxylic acids is 1. The van der Waals surface area contributed by atoms with Crippen LogP contribution in [0.15, 0.2) is 24.3 Å². The molecule has 142 valence electrons. The zero-order valence-electron chi connectivity index (χ0n) is 16.5. The fourth-order valence-electron chi connectivity index (χ4n) is 2.92. The van der Waals surface area contributed by atoms with Gasteiger partial charge in [0.25, 0.3) is 0 Å². The Hall–Kier alpha value is -2.31. The third-order valence-corrected chi connectivity index (χ3v) is 5.88. The molecule has 3 rings (SSSR count). The Morgan fingerprint density at radius 3 is 2.37 bits per heavy atom. The molecule has 0 spiro atoms. The van der Waals surface area contributed by atoms with E-state index in [0.717, 1.165) is 34.7 Å². The van der Waals surface area contributed by atoms with E-state index < -0.39 is 0 Å². The van der Waals surface area contributed by atoms with Crippen molar-refractivity contribution in [2.45, 2.75) is 41.2 Å². The number of benzene rings is 1. The van der Waals surface area contributed by atoms with Gasteiger partial charge < -0.3 is 4.74 Å². The molecular weight excluding hydrogens is 358 g/mol. The van der Waals surface area contributed by atoms with Crippen LogP contribution in [-0.2, 0) is 6.54 Å². The van der Waals surface area contributed by atoms with E-state index in [1.165, 1.54) is 4.88 Å². The molecule has 0 aliphatic rings. The smallest absolute Gasteiger partial charge is 0.231 e. The lowest BCUT2D eigenvalue weighted by molar-refractivity contribution is 0.101. The van der Waals surface area contributed by atoms with E-state index >= 15 is 0 Å². The van der Waals surface area contributed by atoms with E-state index in [0.29, 0.717) is 23.7 Å². The monoisotopic (exact) mass is 383 g/mol. The minimum atomic E-state index is 0.0387. The molecule has 0 aliphatic carbocycles. The molecule has 0 aliphatic heterocycles. The van der Waals surface area contributed by atoms with Crippen LogP contribution in [0.3, 0.4) is 0 Å². The summed E-state index contributed by atoms with van der Waals surface area (Å²) < 4.78 is 6.14. The first-order valence-corrected chi connectivity index (χ1v) is 10.0. The van der Waals surface area contributed by atoms with Gasteiger partial charge in [0.05, 0.1) is 11.9 Å². The molecule has 0 saturated heterocycles. The Morgan fingerprint density at radius 2 is 1.78 bits per heavy atom. The number of aromatic nitrogens is 2. The average Bonchev–Trinajstić information content (AvgIpc) is 2.94. The number of rotatable bonds is 7. The second kappa shape index (κ2) is 8.15. The number of nitrogens with zero attached hydrogens (tertiary/aromatic N) is 3. The first kappa shape index (κ1) is 19.5. The molecule has 3 aromatic rings. The van der Waals surface area contributed by atoms with Crippen molar-refractivity contribution in [1.29, 1.82) is 0 Å². The van der Waals surface area contributed by atoms with Gasteiger partial charge in [-0.15, -0.1) is 11.3 Å². The van der Waals surface area contributed by atoms with Crippen LogP contribution < -0.4 is 4.74 Å². The second-order valence-corrected chi connectivity index (χ2v) is 7.76. The lowest BCUT2D eigenvalue weighted by Gasteiger charge is -2.17. The van der Waals surface area contributed by atoms with Crippen LogP contribution in [0.5, 0.6) is 11.6 Å². The molecule has 0 radical (unpaired) electrons. The number of carbonyl (C=O) groups is 1. The normalized spacial score (nSPS) is 11.3. The number of ether oxygens (including phenoxy) is 1. The number of hydrogen-bond donors (Lipinski definition) is 0. The van der Waals surface area contributed by atoms with Crippen molar-refractivity contribution in [2.75, 3.05) is 13.1 Å². The molecule has 0 amide bonds. The number of aryl methyl sites for hydroxylation is 2. The number of ketones is 1. The fraction of sp³-hybridized carbons (Fsp3) is 0.381. The van der Waals surface area contributed by atoms with E-state index in [1.54, 1.807) is 30.4 Å². The summed E-state index contributed by atoms with van der Waals surface area (Å²) in [5, 5.41) is 0.969. The summed E-state index contributed by atoms with van der Waals surface area (Å²) in [5.74, 6) is 2.05. The molecule has 0 saturated carbocycles. The van der Waals surface area contributed by atoms with E-state index in [1.807, 2.05) is 12.1 Å². The molecule has 6 heteroatoms. The summed E-state index contributed by atoms with van der Waals surface area (Å²) in [5.41, 5.74) is 1.82. The lowest BCUT2D eigenvalue weighted by Crippen LogP contribution is -2.23. The van der Waals surface area contributed by atoms with Gasteiger partial charge >= 0.3 is 0 Å². The van der Waals surface area contributed by atoms with Gasteiger partial charge in [0.2, 0.25) is 5.88 Å². The van der Waals surface area contributed by atoms with Gasteiger partial charge in [-0.2, -0.15) is 4.98 Å². The topological polar surface area (TPSA) is 55.3 Å². The van der Waals surface area contributed by atoms with Crippen LogP contribution in [-0.4, -0.2) is 33.7 Å². The highest BCUT2D eigenvalue weighted by Crippen LogP contribution is 2.36. The van der Waals surface area contributed by atoms with Crippen molar-refractivity contribution in [3.05, 3.63) is 46.1 Å². The summed E-state index contributed by atoms with van der Waals surface area (Å²) in [6, 6.07) is 7.17. The highest BCUT2D eigenvalue weighted by atomic mass is 32.1. The van der Waals surface area contributed by atoms with E-state index in [-0.39, 0.29) is 5.78 Å². The van der Waals surface area contributed by atoms with Crippen LogP contribution >= 0.6 is 11.3 Å². The SMILES string of the molecule is CCN(CC)Cc1nc(Oc2ccc(C(C)=O)cc2)c2c(C)c(C)sc2n1. The average molecular weight is 384 g/mol. The third-order valence-electron chi connectivity index (χ3n) is 4.78. The molecule has 1 aromatic carbocycles. The summed E-state index contributed by atoms with van der Waals surface area (Å²) in [7, 11) is 0. The van der Waals surface area contributed by atoms with Gasteiger partial charge in [0.1, 0.15) is 16.4 Å². The van der Waals surface area contributed by atoms with E-state index in [9.17, 15) is 4.79 Å². The van der Waals surface area contributed by atoms with Crippen LogP contribution in [0, 0.1) is 13.8 Å². The van der Waals surface area contributed by atoms with Crippen LogP contribution in [0.2, 0.25) is 0 Å². The summed E-state index contributed by atoms with van der Waals surface area (Å²) in [6.45, 7) is 12.6. The minimum Gasteiger partial charge on any atom is -0.438 e. The molecule has 0 unspecified atom stereocenters. The standard InChI is InChI=1S/C21H25N3O2S/c1-6-24(7-2)12-18-22-20(19-13(3)15(5)27-21(19)23-18)26-17-10-8-16(9-11-17)14(4)25/h8-11H,6-7,12H2,1-5H3. The Morgan fingerprint density at radius 1 is 1.11 bits per heavy atom. The Bertz CT molecular complexity index is 960. The fourth-order valence-corrected chi connectivity index (χ4v) is 3.95. The summed E-state index contributed by atoms with van der Waals surface area (Å²) >= 11 is 1.67. The van der Waals surface area contributed by atoms with Crippen LogP contribution in [0.1, 0.15) is 47.4 Å². The number of Topliss-reactive ketones (excluding diaryl/α,β-unsaturated/α-hetero) is 1. The maximum Gasteiger partial charge on any atom is 0.231 e. The zero-order valence-corrected chi connectivity index (χ0v) is 17.3. The van der Waals surface area contributed by atoms with Crippen molar-refractivity contribution in [2.24, 2.45) is 0 Å². The Labute approximate surface area is 164 Å². The highest BCUT2D eigenvalue weighted by molar-refractivity contribution is 7.18. The van der Waals surface area contributed by atoms with Gasteiger partial charge in [-0.3, -0.25) is 9.69 Å².